The molecule has 1 fully saturated rings. The molecule has 7 aromatic heterocycles. The van der Waals surface area contributed by atoms with Crippen LogP contribution in [0.1, 0.15) is 76.9 Å². The van der Waals surface area contributed by atoms with Crippen molar-refractivity contribution in [2.24, 2.45) is 0 Å². The third kappa shape index (κ3) is 20.1. The number of rotatable bonds is 17. The van der Waals surface area contributed by atoms with Crippen LogP contribution in [0.3, 0.4) is 0 Å². The minimum Gasteiger partial charge on any atom is -0.344 e. The maximum Gasteiger partial charge on any atom is 0.397 e. The van der Waals surface area contributed by atoms with E-state index >= 15 is 0 Å². The monoisotopic (exact) mass is 2000 g/mol. The Morgan fingerprint density at radius 3 is 0.900 bits per heavy atom. The van der Waals surface area contributed by atoms with Gasteiger partial charge in [0.05, 0.1) is 27.8 Å². The Hall–Kier alpha value is -16.3. The van der Waals surface area contributed by atoms with Crippen LogP contribution in [0, 0.1) is 40.7 Å². The average Bonchev–Trinajstić information content (AvgIpc) is 1.58. The maximum atomic E-state index is 12.4. The quantitative estimate of drug-likeness (QED) is 0.0840. The molecule has 9 nitrogen and oxygen atoms in total. The van der Waals surface area contributed by atoms with E-state index in [9.17, 15) is 13.2 Å². The summed E-state index contributed by atoms with van der Waals surface area (Å²) < 4.78 is 42.0. The first-order valence-corrected chi connectivity index (χ1v) is 47.3. The van der Waals surface area contributed by atoms with Gasteiger partial charge in [-0.3, -0.25) is 15.0 Å². The third-order valence-electron chi connectivity index (χ3n) is 26.5. The predicted molar refractivity (Wildman–Crippen MR) is 569 cm³/mol. The molecule has 0 unspecified atom stereocenters. The fourth-order valence-electron chi connectivity index (χ4n) is 19.4. The maximum absolute atomic E-state index is 12.4. The molecule has 0 amide bonds. The van der Waals surface area contributed by atoms with Crippen molar-refractivity contribution in [2.45, 2.75) is 78.3 Å². The van der Waals surface area contributed by atoms with Crippen molar-refractivity contribution in [3.8, 4) is 89.4 Å². The average molecular weight is 2000 g/mol. The molecular formula is C127H101F3IrN9-. The van der Waals surface area contributed by atoms with E-state index in [4.69, 9.17) is 0 Å². The zero-order valence-electron chi connectivity index (χ0n) is 78.4. The zero-order valence-corrected chi connectivity index (χ0v) is 80.8. The van der Waals surface area contributed by atoms with E-state index in [0.29, 0.717) is 11.3 Å². The van der Waals surface area contributed by atoms with Gasteiger partial charge in [-0.1, -0.05) is 285 Å². The number of hydrogen-bond acceptors (Lipinski definition) is 7. The van der Waals surface area contributed by atoms with Crippen LogP contribution < -0.4 is 9.80 Å². The number of nitrogens with zero attached hydrogens (tertiary/aromatic N) is 9. The molecule has 0 N–H and O–H groups in total. The molecular weight excluding hydrogens is 1900 g/mol. The molecule has 140 heavy (non-hydrogen) atoms. The van der Waals surface area contributed by atoms with Gasteiger partial charge in [0.2, 0.25) is 0 Å². The number of halogens is 3. The number of alkyl halides is 3. The number of aryl methyl sites for hydroxylation is 5. The van der Waals surface area contributed by atoms with Gasteiger partial charge in [0, 0.05) is 153 Å². The first-order chi connectivity index (χ1) is 68.1. The van der Waals surface area contributed by atoms with Crippen molar-refractivity contribution in [3.63, 3.8) is 0 Å². The smallest absolute Gasteiger partial charge is 0.344 e. The molecule has 0 bridgehead atoms. The number of benzene rings is 15. The standard InChI is InChI=1S/C46H46N2.C39H27N3.C30H20N2.C12H8F3N2.Ir/c1-34-8-20-40(21-9-34)47(41-22-10-35(2)11-23-41)44-28-16-38(17-29-44)46(32-6-5-7-33-46)39-18-30-45(31-19-39)48(42-24-12-36(3)13-25-42)43-26-14-37(4)15-27-43;1-7-28(34-13-4-16-40-25-34)19-31(10-1)37-22-38(32-11-2-8-29(20-32)35-14-5-17-41-26-35)24-39(23-37)33-12-3-9-30(21-33)36-15-6-18-42-27-36;1-5-16-27-23(12-1)24-13-2-6-17-28(24)31(27)21-10-9-11-22(20-21)32-29-18-7-3-14-25(29)26-15-4-8-19-30(26)32;1-8-9(10-4-2-3-7-16-10)5-6-11(17-8)12(13,14)15;/h8-31H,5-7,32-33H2,1-4H3;1-27H;1-20H;2-4,6-7H,1H3;/q;;;-1;. The molecule has 1 aliphatic rings. The van der Waals surface area contributed by atoms with E-state index in [-0.39, 0.29) is 31.2 Å². The molecule has 0 aliphatic heterocycles. The third-order valence-corrected chi connectivity index (χ3v) is 26.5. The molecule has 15 aromatic carbocycles. The Balaban J connectivity index is 0.000000124. The van der Waals surface area contributed by atoms with Crippen molar-refractivity contribution in [1.82, 2.24) is 34.1 Å². The van der Waals surface area contributed by atoms with Gasteiger partial charge in [0.15, 0.2) is 0 Å². The van der Waals surface area contributed by atoms with Crippen molar-refractivity contribution in [3.05, 3.63) is 513 Å². The Kier molecular flexibility index (Phi) is 27.6. The molecule has 0 spiro atoms. The zero-order chi connectivity index (χ0) is 94.8. The minimum absolute atomic E-state index is 0. The van der Waals surface area contributed by atoms with Crippen LogP contribution in [0.4, 0.5) is 47.3 Å². The second-order valence-electron chi connectivity index (χ2n) is 35.7. The van der Waals surface area contributed by atoms with Crippen LogP contribution >= 0.6 is 0 Å². The number of pyridine rings is 5. The van der Waals surface area contributed by atoms with Crippen LogP contribution in [0.15, 0.2) is 462 Å². The molecule has 0 saturated heterocycles. The summed E-state index contributed by atoms with van der Waals surface area (Å²) in [6.45, 7) is 10.1. The van der Waals surface area contributed by atoms with Crippen LogP contribution in [0.2, 0.25) is 0 Å². The van der Waals surface area contributed by atoms with Gasteiger partial charge in [0.25, 0.3) is 0 Å². The van der Waals surface area contributed by atoms with Gasteiger partial charge in [-0.25, -0.2) is 0 Å². The van der Waals surface area contributed by atoms with Gasteiger partial charge < -0.3 is 28.9 Å². The fraction of sp³-hybridized carbons (Fsp3) is 0.0945. The summed E-state index contributed by atoms with van der Waals surface area (Å²) in [5.41, 5.74) is 36.3. The first kappa shape index (κ1) is 92.7. The number of anilines is 6. The SMILES string of the molecule is Cc1ccc(N(c2ccc(C)cc2)c2ccc(C3(c4ccc(N(c5ccc(C)cc5)c5ccc(C)cc5)cc4)CCCCC3)cc2)cc1.Cc1nc(C(F)(F)F)c[c-]c1-c1ccccn1.[Ir].c1cc(-n2c3ccccc3c3ccccc32)cc(-n2c3ccccc3c3ccccc32)c1.c1cncc(-c2cccc(-c3cc(-c4cccc(-c5cccnc5)c4)cc(-c4cccc(-c5cccnc5)c4)c3)c2)c1. The topological polar surface area (TPSA) is 80.8 Å². The van der Waals surface area contributed by atoms with E-state index in [2.05, 4.69) is 454 Å². The second kappa shape index (κ2) is 41.7. The largest absolute Gasteiger partial charge is 0.397 e. The van der Waals surface area contributed by atoms with Crippen LogP contribution in [0.25, 0.3) is 133 Å². The van der Waals surface area contributed by atoms with Crippen LogP contribution in [-0.4, -0.2) is 34.1 Å². The van der Waals surface area contributed by atoms with Crippen molar-refractivity contribution in [2.75, 3.05) is 9.80 Å². The molecule has 23 rings (SSSR count). The fourth-order valence-corrected chi connectivity index (χ4v) is 19.4. The number of hydrogen-bond donors (Lipinski definition) is 0. The molecule has 7 heterocycles. The van der Waals surface area contributed by atoms with Crippen molar-refractivity contribution >= 4 is 77.7 Å². The number of fused-ring (bicyclic) bond motifs is 6. The molecule has 1 aliphatic carbocycles. The van der Waals surface area contributed by atoms with E-state index in [1.54, 1.807) is 24.4 Å². The predicted octanol–water partition coefficient (Wildman–Crippen LogP) is 34.1. The van der Waals surface area contributed by atoms with E-state index in [1.165, 1.54) is 162 Å². The van der Waals surface area contributed by atoms with Crippen LogP contribution in [0.5, 0.6) is 0 Å². The Labute approximate surface area is 829 Å². The van der Waals surface area contributed by atoms with Crippen molar-refractivity contribution in [1.29, 1.82) is 0 Å². The Bertz CT molecular complexity index is 7320. The van der Waals surface area contributed by atoms with Gasteiger partial charge in [-0.2, -0.15) is 13.2 Å². The molecule has 685 valence electrons. The molecule has 1 saturated carbocycles. The summed E-state index contributed by atoms with van der Waals surface area (Å²) >= 11 is 0. The summed E-state index contributed by atoms with van der Waals surface area (Å²) in [6.07, 6.45) is 14.4. The second-order valence-corrected chi connectivity index (χ2v) is 35.7. The van der Waals surface area contributed by atoms with E-state index in [1.807, 2.05) is 55.4 Å². The van der Waals surface area contributed by atoms with Gasteiger partial charge in [0.1, 0.15) is 0 Å². The summed E-state index contributed by atoms with van der Waals surface area (Å²) in [4.78, 5) is 25.3. The molecule has 22 aromatic rings. The molecule has 0 atom stereocenters. The van der Waals surface area contributed by atoms with E-state index in [0.717, 1.165) is 72.8 Å². The van der Waals surface area contributed by atoms with Crippen molar-refractivity contribution < 1.29 is 33.3 Å². The van der Waals surface area contributed by atoms with E-state index < -0.39 is 11.9 Å². The van der Waals surface area contributed by atoms with Crippen LogP contribution in [-0.2, 0) is 31.7 Å². The summed E-state index contributed by atoms with van der Waals surface area (Å²) in [6, 6.07) is 152. The number of aromatic nitrogens is 7. The van der Waals surface area contributed by atoms with Gasteiger partial charge in [-0.05, 0) is 289 Å². The number of para-hydroxylation sites is 4. The normalized spacial score (nSPS) is 12.1. The molecule has 1 radical (unpaired) electrons. The summed E-state index contributed by atoms with van der Waals surface area (Å²) in [5.74, 6) is 0. The first-order valence-electron chi connectivity index (χ1n) is 47.3. The molecule has 13 heteroatoms. The van der Waals surface area contributed by atoms with Gasteiger partial charge in [-0.15, -0.1) is 17.7 Å². The minimum atomic E-state index is -4.44. The van der Waals surface area contributed by atoms with Gasteiger partial charge >= 0.3 is 6.18 Å². The Morgan fingerprint density at radius 2 is 0.593 bits per heavy atom. The summed E-state index contributed by atoms with van der Waals surface area (Å²) in [7, 11) is 0. The Morgan fingerprint density at radius 1 is 0.293 bits per heavy atom. The summed E-state index contributed by atoms with van der Waals surface area (Å²) in [5, 5.41) is 5.13.